The Morgan fingerprint density at radius 3 is 2.59 bits per heavy atom. The minimum absolute atomic E-state index is 0.0270. The van der Waals surface area contributed by atoms with E-state index in [1.807, 2.05) is 26.8 Å². The van der Waals surface area contributed by atoms with Crippen molar-refractivity contribution >= 4 is 16.9 Å². The molecule has 3 aromatic rings. The molecule has 0 aliphatic carbocycles. The number of carbonyl (C=O) groups is 1. The second-order valence-electron chi connectivity index (χ2n) is 7.05. The van der Waals surface area contributed by atoms with E-state index in [0.29, 0.717) is 29.5 Å². The van der Waals surface area contributed by atoms with Crippen molar-refractivity contribution in [1.82, 2.24) is 4.90 Å². The summed E-state index contributed by atoms with van der Waals surface area (Å²) in [5, 5.41) is 0.451. The molecule has 2 aromatic carbocycles. The van der Waals surface area contributed by atoms with Crippen molar-refractivity contribution in [2.45, 2.75) is 33.2 Å². The van der Waals surface area contributed by atoms with Gasteiger partial charge in [-0.2, -0.15) is 0 Å². The number of rotatable bonds is 3. The standard InChI is InChI=1S/C22H20FNO3/c1-4-9-24-19(14-7-5-6-8-15(14)23)18-20(25)17-13(3)10-12(2)11-16(17)27-21(18)22(24)26/h5-8,10-11,19H,4,9H2,1-3H3/t19-/m1/s1. The SMILES string of the molecule is CCCN1C(=O)c2oc3cc(C)cc(C)c3c(=O)c2[C@H]1c1ccccc1F. The van der Waals surface area contributed by atoms with Crippen LogP contribution in [0.4, 0.5) is 4.39 Å². The molecule has 0 saturated carbocycles. The highest BCUT2D eigenvalue weighted by Gasteiger charge is 2.43. The Bertz CT molecular complexity index is 1130. The molecule has 0 saturated heterocycles. The number of nitrogens with zero attached hydrogens (tertiary/aromatic N) is 1. The fourth-order valence-corrected chi connectivity index (χ4v) is 4.01. The number of fused-ring (bicyclic) bond motifs is 2. The predicted octanol–water partition coefficient (Wildman–Crippen LogP) is 4.50. The third-order valence-corrected chi connectivity index (χ3v) is 5.08. The summed E-state index contributed by atoms with van der Waals surface area (Å²) in [5.41, 5.74) is 2.42. The van der Waals surface area contributed by atoms with E-state index in [9.17, 15) is 14.0 Å². The Balaban J connectivity index is 2.08. The quantitative estimate of drug-likeness (QED) is 0.686. The van der Waals surface area contributed by atoms with Crippen molar-refractivity contribution in [1.29, 1.82) is 0 Å². The van der Waals surface area contributed by atoms with Gasteiger partial charge in [-0.05, 0) is 43.5 Å². The molecule has 0 bridgehead atoms. The van der Waals surface area contributed by atoms with E-state index < -0.39 is 11.9 Å². The summed E-state index contributed by atoms with van der Waals surface area (Å²) in [6.45, 7) is 6.11. The number of carbonyl (C=O) groups excluding carboxylic acids is 1. The zero-order chi connectivity index (χ0) is 19.3. The number of halogens is 1. The molecule has 0 fully saturated rings. The van der Waals surface area contributed by atoms with Gasteiger partial charge in [0.2, 0.25) is 5.76 Å². The number of hydrogen-bond donors (Lipinski definition) is 0. The van der Waals surface area contributed by atoms with Crippen LogP contribution in [0.5, 0.6) is 0 Å². The second-order valence-corrected chi connectivity index (χ2v) is 7.05. The Morgan fingerprint density at radius 2 is 1.89 bits per heavy atom. The first-order valence-electron chi connectivity index (χ1n) is 9.07. The number of benzene rings is 2. The van der Waals surface area contributed by atoms with Gasteiger partial charge in [0.05, 0.1) is 17.0 Å². The van der Waals surface area contributed by atoms with Gasteiger partial charge in [-0.1, -0.05) is 31.2 Å². The average molecular weight is 365 g/mol. The van der Waals surface area contributed by atoms with Crippen LogP contribution in [0.3, 0.4) is 0 Å². The molecule has 1 aliphatic rings. The van der Waals surface area contributed by atoms with Crippen molar-refractivity contribution in [3.8, 4) is 0 Å². The molecule has 0 radical (unpaired) electrons. The summed E-state index contributed by atoms with van der Waals surface area (Å²) >= 11 is 0. The van der Waals surface area contributed by atoms with Crippen LogP contribution < -0.4 is 5.43 Å². The van der Waals surface area contributed by atoms with E-state index in [1.54, 1.807) is 24.3 Å². The molecule has 1 aromatic heterocycles. The maximum Gasteiger partial charge on any atom is 0.290 e. The van der Waals surface area contributed by atoms with E-state index in [-0.39, 0.29) is 22.7 Å². The van der Waals surface area contributed by atoms with Crippen LogP contribution in [0.2, 0.25) is 0 Å². The summed E-state index contributed by atoms with van der Waals surface area (Å²) in [7, 11) is 0. The molecule has 27 heavy (non-hydrogen) atoms. The minimum atomic E-state index is -0.769. The van der Waals surface area contributed by atoms with Gasteiger partial charge in [0.1, 0.15) is 11.4 Å². The highest BCUT2D eigenvalue weighted by molar-refractivity contribution is 5.99. The lowest BCUT2D eigenvalue weighted by atomic mass is 9.96. The maximum absolute atomic E-state index is 14.6. The molecule has 0 N–H and O–H groups in total. The van der Waals surface area contributed by atoms with Crippen molar-refractivity contribution in [2.24, 2.45) is 0 Å². The molecular formula is C22H20FNO3. The topological polar surface area (TPSA) is 50.5 Å². The normalized spacial score (nSPS) is 16.2. The lowest BCUT2D eigenvalue weighted by Crippen LogP contribution is -2.30. The van der Waals surface area contributed by atoms with E-state index in [1.165, 1.54) is 11.0 Å². The monoisotopic (exact) mass is 365 g/mol. The number of hydrogen-bond acceptors (Lipinski definition) is 3. The minimum Gasteiger partial charge on any atom is -0.450 e. The van der Waals surface area contributed by atoms with Crippen LogP contribution in [0.15, 0.2) is 45.6 Å². The second kappa shape index (κ2) is 6.34. The first kappa shape index (κ1) is 17.5. The van der Waals surface area contributed by atoms with Gasteiger partial charge in [0.25, 0.3) is 5.91 Å². The van der Waals surface area contributed by atoms with Crippen molar-refractivity contribution in [3.63, 3.8) is 0 Å². The molecule has 0 unspecified atom stereocenters. The van der Waals surface area contributed by atoms with Gasteiger partial charge in [-0.3, -0.25) is 9.59 Å². The van der Waals surface area contributed by atoms with Crippen molar-refractivity contribution in [2.75, 3.05) is 6.54 Å². The lowest BCUT2D eigenvalue weighted by molar-refractivity contribution is 0.0726. The first-order chi connectivity index (χ1) is 12.9. The Labute approximate surface area is 156 Å². The Morgan fingerprint density at radius 1 is 1.15 bits per heavy atom. The van der Waals surface area contributed by atoms with Gasteiger partial charge in [-0.25, -0.2) is 4.39 Å². The third kappa shape index (κ3) is 2.57. The van der Waals surface area contributed by atoms with E-state index in [2.05, 4.69) is 0 Å². The number of aryl methyl sites for hydroxylation is 2. The van der Waals surface area contributed by atoms with Crippen molar-refractivity contribution < 1.29 is 13.6 Å². The van der Waals surface area contributed by atoms with Crippen LogP contribution in [0.25, 0.3) is 11.0 Å². The van der Waals surface area contributed by atoms with Crippen LogP contribution in [0, 0.1) is 19.7 Å². The van der Waals surface area contributed by atoms with E-state index in [0.717, 1.165) is 11.1 Å². The summed E-state index contributed by atoms with van der Waals surface area (Å²) in [4.78, 5) is 27.9. The first-order valence-corrected chi connectivity index (χ1v) is 9.07. The molecule has 1 atom stereocenters. The molecule has 5 heteroatoms. The van der Waals surface area contributed by atoms with Gasteiger partial charge < -0.3 is 9.32 Å². The van der Waals surface area contributed by atoms with E-state index in [4.69, 9.17) is 4.42 Å². The molecule has 2 heterocycles. The van der Waals surface area contributed by atoms with Crippen LogP contribution in [0.1, 0.15) is 52.2 Å². The largest absolute Gasteiger partial charge is 0.450 e. The van der Waals surface area contributed by atoms with Gasteiger partial charge in [0.15, 0.2) is 5.43 Å². The third-order valence-electron chi connectivity index (χ3n) is 5.08. The van der Waals surface area contributed by atoms with Crippen LogP contribution >= 0.6 is 0 Å². The maximum atomic E-state index is 14.6. The van der Waals surface area contributed by atoms with Gasteiger partial charge >= 0.3 is 0 Å². The smallest absolute Gasteiger partial charge is 0.290 e. The van der Waals surface area contributed by atoms with Gasteiger partial charge in [-0.15, -0.1) is 0 Å². The Hall–Kier alpha value is -2.95. The fourth-order valence-electron chi connectivity index (χ4n) is 4.01. The number of amides is 1. The summed E-state index contributed by atoms with van der Waals surface area (Å²) < 4.78 is 20.5. The predicted molar refractivity (Wildman–Crippen MR) is 102 cm³/mol. The van der Waals surface area contributed by atoms with Crippen molar-refractivity contribution in [3.05, 3.63) is 80.5 Å². The summed E-state index contributed by atoms with van der Waals surface area (Å²) in [6.07, 6.45) is 0.691. The summed E-state index contributed by atoms with van der Waals surface area (Å²) in [6, 6.07) is 9.17. The average Bonchev–Trinajstić information content (AvgIpc) is 2.88. The molecule has 1 amide bonds. The molecule has 1 aliphatic heterocycles. The summed E-state index contributed by atoms with van der Waals surface area (Å²) in [5.74, 6) is -0.776. The highest BCUT2D eigenvalue weighted by Crippen LogP contribution is 2.39. The van der Waals surface area contributed by atoms with Crippen LogP contribution in [-0.2, 0) is 0 Å². The molecule has 138 valence electrons. The van der Waals surface area contributed by atoms with Crippen LogP contribution in [-0.4, -0.2) is 17.4 Å². The highest BCUT2D eigenvalue weighted by atomic mass is 19.1. The molecule has 0 spiro atoms. The lowest BCUT2D eigenvalue weighted by Gasteiger charge is -2.24. The zero-order valence-electron chi connectivity index (χ0n) is 15.5. The molecular weight excluding hydrogens is 345 g/mol. The van der Waals surface area contributed by atoms with E-state index >= 15 is 0 Å². The fraction of sp³-hybridized carbons (Fsp3) is 0.273. The zero-order valence-corrected chi connectivity index (χ0v) is 15.5. The molecule has 4 nitrogen and oxygen atoms in total. The van der Waals surface area contributed by atoms with Gasteiger partial charge in [0, 0.05) is 12.1 Å². The Kier molecular flexibility index (Phi) is 4.10. The molecule has 4 rings (SSSR count).